The van der Waals surface area contributed by atoms with E-state index in [0.29, 0.717) is 0 Å². The number of carbonyl (C=O) groups is 1. The zero-order valence-electron chi connectivity index (χ0n) is 10.6. The topological polar surface area (TPSA) is 29.1 Å². The molecule has 0 radical (unpaired) electrons. The van der Waals surface area contributed by atoms with Gasteiger partial charge in [-0.25, -0.2) is 0 Å². The van der Waals surface area contributed by atoms with E-state index < -0.39 is 0 Å². The molecule has 0 fully saturated rings. The number of carbonyl (C=O) groups excluding carboxylic acids is 1. The van der Waals surface area contributed by atoms with Crippen molar-refractivity contribution in [1.29, 1.82) is 0 Å². The van der Waals surface area contributed by atoms with E-state index in [1.165, 1.54) is 11.1 Å². The normalized spacial score (nSPS) is 10.6. The van der Waals surface area contributed by atoms with Crippen LogP contribution >= 0.6 is 0 Å². The summed E-state index contributed by atoms with van der Waals surface area (Å²) < 4.78 is 0. The van der Waals surface area contributed by atoms with Crippen LogP contribution in [0.3, 0.4) is 0 Å². The second kappa shape index (κ2) is 5.69. The van der Waals surface area contributed by atoms with Crippen LogP contribution in [-0.2, 0) is 4.79 Å². The van der Waals surface area contributed by atoms with E-state index in [9.17, 15) is 4.79 Å². The lowest BCUT2D eigenvalue weighted by molar-refractivity contribution is -0.120. The highest BCUT2D eigenvalue weighted by Crippen LogP contribution is 2.16. The first kappa shape index (κ1) is 12.8. The quantitative estimate of drug-likeness (QED) is 0.822. The van der Waals surface area contributed by atoms with Crippen LogP contribution in [-0.4, -0.2) is 5.91 Å². The molecular weight excluding hydrogens is 198 g/mol. The van der Waals surface area contributed by atoms with Crippen molar-refractivity contribution in [1.82, 2.24) is 0 Å². The largest absolute Gasteiger partial charge is 0.326 e. The molecule has 2 nitrogen and oxygen atoms in total. The summed E-state index contributed by atoms with van der Waals surface area (Å²) in [6, 6.07) is 6.02. The van der Waals surface area contributed by atoms with Gasteiger partial charge in [0.25, 0.3) is 0 Å². The van der Waals surface area contributed by atoms with E-state index in [-0.39, 0.29) is 11.8 Å². The number of anilines is 1. The molecule has 16 heavy (non-hydrogen) atoms. The molecule has 1 aromatic rings. The summed E-state index contributed by atoms with van der Waals surface area (Å²) in [4.78, 5) is 11.9. The Bertz CT molecular complexity index is 367. The first-order valence-electron chi connectivity index (χ1n) is 5.96. The smallest absolute Gasteiger partial charge is 0.227 e. The van der Waals surface area contributed by atoms with Crippen LogP contribution in [0.25, 0.3) is 0 Å². The van der Waals surface area contributed by atoms with Gasteiger partial charge in [-0.3, -0.25) is 4.79 Å². The monoisotopic (exact) mass is 219 g/mol. The Balaban J connectivity index is 2.73. The summed E-state index contributed by atoms with van der Waals surface area (Å²) in [5, 5.41) is 2.97. The van der Waals surface area contributed by atoms with Crippen LogP contribution in [0.4, 0.5) is 5.69 Å². The number of nitrogens with one attached hydrogen (secondary N) is 1. The summed E-state index contributed by atoms with van der Waals surface area (Å²) >= 11 is 0. The minimum atomic E-state index is 0.126. The van der Waals surface area contributed by atoms with Gasteiger partial charge in [0.1, 0.15) is 0 Å². The van der Waals surface area contributed by atoms with Crippen molar-refractivity contribution in [2.24, 2.45) is 5.92 Å². The molecule has 1 aromatic carbocycles. The van der Waals surface area contributed by atoms with E-state index >= 15 is 0 Å². The molecule has 1 amide bonds. The van der Waals surface area contributed by atoms with Crippen molar-refractivity contribution in [3.8, 4) is 0 Å². The Kier molecular flexibility index (Phi) is 4.53. The second-order valence-electron chi connectivity index (χ2n) is 4.30. The molecule has 0 saturated carbocycles. The van der Waals surface area contributed by atoms with Crippen LogP contribution in [0, 0.1) is 19.8 Å². The van der Waals surface area contributed by atoms with Crippen molar-refractivity contribution < 1.29 is 4.79 Å². The van der Waals surface area contributed by atoms with Gasteiger partial charge in [-0.1, -0.05) is 19.9 Å². The van der Waals surface area contributed by atoms with Crippen LogP contribution in [0.15, 0.2) is 18.2 Å². The van der Waals surface area contributed by atoms with Gasteiger partial charge in [0.2, 0.25) is 5.91 Å². The average molecular weight is 219 g/mol. The summed E-state index contributed by atoms with van der Waals surface area (Å²) in [5.41, 5.74) is 3.36. The predicted molar refractivity (Wildman–Crippen MR) is 68.6 cm³/mol. The zero-order valence-corrected chi connectivity index (χ0v) is 10.6. The Hall–Kier alpha value is -1.31. The molecule has 0 atom stereocenters. The van der Waals surface area contributed by atoms with Crippen LogP contribution < -0.4 is 5.32 Å². The Labute approximate surface area is 98.1 Å². The lowest BCUT2D eigenvalue weighted by Crippen LogP contribution is -2.21. The van der Waals surface area contributed by atoms with Gasteiger partial charge in [0.05, 0.1) is 0 Å². The van der Waals surface area contributed by atoms with Gasteiger partial charge in [-0.05, 0) is 49.9 Å². The van der Waals surface area contributed by atoms with Crippen molar-refractivity contribution in [2.75, 3.05) is 5.32 Å². The van der Waals surface area contributed by atoms with E-state index in [1.807, 2.05) is 32.0 Å². The molecule has 0 aliphatic heterocycles. The standard InChI is InChI=1S/C14H21NO/c1-5-12(6-2)14(16)15-13-8-7-10(3)11(4)9-13/h7-9,12H,5-6H2,1-4H3,(H,15,16). The number of aryl methyl sites for hydroxylation is 2. The van der Waals surface area contributed by atoms with E-state index in [4.69, 9.17) is 0 Å². The predicted octanol–water partition coefficient (Wildman–Crippen LogP) is 3.68. The third kappa shape index (κ3) is 3.09. The Morgan fingerprint density at radius 2 is 1.81 bits per heavy atom. The van der Waals surface area contributed by atoms with Crippen molar-refractivity contribution in [3.63, 3.8) is 0 Å². The molecule has 0 bridgehead atoms. The molecule has 0 aromatic heterocycles. The lowest BCUT2D eigenvalue weighted by atomic mass is 10.0. The molecule has 1 N–H and O–H groups in total. The van der Waals surface area contributed by atoms with Crippen molar-refractivity contribution in [3.05, 3.63) is 29.3 Å². The van der Waals surface area contributed by atoms with E-state index in [1.54, 1.807) is 0 Å². The van der Waals surface area contributed by atoms with E-state index in [2.05, 4.69) is 19.2 Å². The minimum Gasteiger partial charge on any atom is -0.326 e. The Morgan fingerprint density at radius 3 is 2.31 bits per heavy atom. The molecule has 0 aliphatic rings. The van der Waals surface area contributed by atoms with Gasteiger partial charge in [0, 0.05) is 11.6 Å². The van der Waals surface area contributed by atoms with Gasteiger partial charge in [-0.15, -0.1) is 0 Å². The van der Waals surface area contributed by atoms with Crippen LogP contribution in [0.1, 0.15) is 37.8 Å². The third-order valence-corrected chi connectivity index (χ3v) is 3.13. The SMILES string of the molecule is CCC(CC)C(=O)Nc1ccc(C)c(C)c1. The molecule has 0 heterocycles. The van der Waals surface area contributed by atoms with Crippen molar-refractivity contribution in [2.45, 2.75) is 40.5 Å². The van der Waals surface area contributed by atoms with Gasteiger partial charge in [-0.2, -0.15) is 0 Å². The van der Waals surface area contributed by atoms with Crippen LogP contribution in [0.5, 0.6) is 0 Å². The average Bonchev–Trinajstić information content (AvgIpc) is 2.25. The molecule has 0 unspecified atom stereocenters. The summed E-state index contributed by atoms with van der Waals surface area (Å²) in [5.74, 6) is 0.259. The van der Waals surface area contributed by atoms with Crippen LogP contribution in [0.2, 0.25) is 0 Å². The highest BCUT2D eigenvalue weighted by Gasteiger charge is 2.13. The maximum Gasteiger partial charge on any atom is 0.227 e. The number of rotatable bonds is 4. The summed E-state index contributed by atoms with van der Waals surface area (Å²) in [6.45, 7) is 8.23. The molecule has 2 heteroatoms. The fourth-order valence-electron chi connectivity index (χ4n) is 1.72. The number of hydrogen-bond acceptors (Lipinski definition) is 1. The molecule has 0 aliphatic carbocycles. The van der Waals surface area contributed by atoms with Gasteiger partial charge >= 0.3 is 0 Å². The summed E-state index contributed by atoms with van der Waals surface area (Å²) in [6.07, 6.45) is 1.79. The van der Waals surface area contributed by atoms with Gasteiger partial charge in [0.15, 0.2) is 0 Å². The second-order valence-corrected chi connectivity index (χ2v) is 4.30. The highest BCUT2D eigenvalue weighted by molar-refractivity contribution is 5.92. The van der Waals surface area contributed by atoms with Crippen molar-refractivity contribution >= 4 is 11.6 Å². The molecule has 0 saturated heterocycles. The Morgan fingerprint density at radius 1 is 1.19 bits per heavy atom. The maximum absolute atomic E-state index is 11.9. The number of amides is 1. The fraction of sp³-hybridized carbons (Fsp3) is 0.500. The first-order valence-corrected chi connectivity index (χ1v) is 5.96. The zero-order chi connectivity index (χ0) is 12.1. The van der Waals surface area contributed by atoms with Gasteiger partial charge < -0.3 is 5.32 Å². The molecule has 1 rings (SSSR count). The maximum atomic E-state index is 11.9. The highest BCUT2D eigenvalue weighted by atomic mass is 16.1. The molecular formula is C14H21NO. The number of hydrogen-bond donors (Lipinski definition) is 1. The minimum absolute atomic E-state index is 0.126. The molecule has 88 valence electrons. The molecule has 0 spiro atoms. The first-order chi connectivity index (χ1) is 7.58. The third-order valence-electron chi connectivity index (χ3n) is 3.13. The summed E-state index contributed by atoms with van der Waals surface area (Å²) in [7, 11) is 0. The number of benzene rings is 1. The van der Waals surface area contributed by atoms with E-state index in [0.717, 1.165) is 18.5 Å². The fourth-order valence-corrected chi connectivity index (χ4v) is 1.72. The lowest BCUT2D eigenvalue weighted by Gasteiger charge is -2.13.